The molecule has 0 amide bonds. The first-order valence-corrected chi connectivity index (χ1v) is 6.71. The van der Waals surface area contributed by atoms with Crippen LogP contribution in [-0.2, 0) is 12.8 Å². The zero-order valence-corrected chi connectivity index (χ0v) is 12.2. The summed E-state index contributed by atoms with van der Waals surface area (Å²) in [6, 6.07) is 0. The van der Waals surface area contributed by atoms with Crippen LogP contribution in [0.15, 0.2) is 9.21 Å². The molecule has 1 heterocycles. The van der Waals surface area contributed by atoms with E-state index in [1.807, 2.05) is 27.7 Å². The molecular formula is C16H20O3. The van der Waals surface area contributed by atoms with Crippen molar-refractivity contribution >= 4 is 11.0 Å². The third-order valence-corrected chi connectivity index (χ3v) is 4.05. The van der Waals surface area contributed by atoms with E-state index in [1.165, 1.54) is 0 Å². The fourth-order valence-electron chi connectivity index (χ4n) is 2.77. The lowest BCUT2D eigenvalue weighted by Gasteiger charge is -2.16. The number of phenols is 1. The van der Waals surface area contributed by atoms with E-state index < -0.39 is 0 Å². The fraction of sp³-hybridized carbons (Fsp3) is 0.438. The van der Waals surface area contributed by atoms with Crippen LogP contribution in [0, 0.1) is 20.8 Å². The van der Waals surface area contributed by atoms with E-state index in [-0.39, 0.29) is 11.4 Å². The Kier molecular flexibility index (Phi) is 3.40. The van der Waals surface area contributed by atoms with Gasteiger partial charge >= 0.3 is 5.63 Å². The van der Waals surface area contributed by atoms with Crippen molar-refractivity contribution < 1.29 is 9.52 Å². The molecule has 19 heavy (non-hydrogen) atoms. The second-order valence-electron chi connectivity index (χ2n) is 4.98. The summed E-state index contributed by atoms with van der Waals surface area (Å²) >= 11 is 0. The van der Waals surface area contributed by atoms with E-state index in [4.69, 9.17) is 4.42 Å². The predicted molar refractivity (Wildman–Crippen MR) is 77.1 cm³/mol. The van der Waals surface area contributed by atoms with Crippen LogP contribution in [0.5, 0.6) is 5.75 Å². The van der Waals surface area contributed by atoms with Gasteiger partial charge in [-0.2, -0.15) is 0 Å². The molecule has 0 aliphatic carbocycles. The van der Waals surface area contributed by atoms with Gasteiger partial charge in [-0.25, -0.2) is 4.79 Å². The Hall–Kier alpha value is -1.77. The van der Waals surface area contributed by atoms with Crippen molar-refractivity contribution in [2.24, 2.45) is 0 Å². The minimum Gasteiger partial charge on any atom is -0.507 e. The van der Waals surface area contributed by atoms with Gasteiger partial charge in [0.2, 0.25) is 0 Å². The minimum absolute atomic E-state index is 0.279. The fourth-order valence-corrected chi connectivity index (χ4v) is 2.77. The van der Waals surface area contributed by atoms with Gasteiger partial charge in [0.25, 0.3) is 0 Å². The molecule has 2 aromatic rings. The highest BCUT2D eigenvalue weighted by atomic mass is 16.4. The summed E-state index contributed by atoms with van der Waals surface area (Å²) in [5.41, 5.74) is 4.51. The molecule has 0 radical (unpaired) electrons. The Balaban J connectivity index is 3.13. The van der Waals surface area contributed by atoms with Gasteiger partial charge in [-0.3, -0.25) is 0 Å². The quantitative estimate of drug-likeness (QED) is 0.840. The molecule has 3 heteroatoms. The van der Waals surface area contributed by atoms with Crippen LogP contribution in [0.3, 0.4) is 0 Å². The van der Waals surface area contributed by atoms with E-state index in [9.17, 15) is 9.90 Å². The van der Waals surface area contributed by atoms with Crippen LogP contribution in [0.2, 0.25) is 0 Å². The number of fused-ring (bicyclic) bond motifs is 1. The first kappa shape index (κ1) is 13.7. The van der Waals surface area contributed by atoms with Crippen LogP contribution in [-0.4, -0.2) is 5.11 Å². The number of aromatic hydroxyl groups is 1. The van der Waals surface area contributed by atoms with E-state index in [0.29, 0.717) is 17.6 Å². The predicted octanol–water partition coefficient (Wildman–Crippen LogP) is 3.55. The van der Waals surface area contributed by atoms with Crippen molar-refractivity contribution in [1.82, 2.24) is 0 Å². The highest BCUT2D eigenvalue weighted by Crippen LogP contribution is 2.37. The summed E-state index contributed by atoms with van der Waals surface area (Å²) in [5.74, 6) is 0.279. The molecule has 102 valence electrons. The highest BCUT2D eigenvalue weighted by Gasteiger charge is 2.19. The monoisotopic (exact) mass is 260 g/mol. The van der Waals surface area contributed by atoms with E-state index in [1.54, 1.807) is 6.92 Å². The Morgan fingerprint density at radius 1 is 0.947 bits per heavy atom. The Morgan fingerprint density at radius 2 is 1.53 bits per heavy atom. The van der Waals surface area contributed by atoms with Gasteiger partial charge < -0.3 is 9.52 Å². The molecular weight excluding hydrogens is 240 g/mol. The minimum atomic E-state index is -0.317. The first-order chi connectivity index (χ1) is 8.93. The third-order valence-electron chi connectivity index (χ3n) is 4.05. The summed E-state index contributed by atoms with van der Waals surface area (Å²) in [6.07, 6.45) is 1.40. The van der Waals surface area contributed by atoms with E-state index in [0.717, 1.165) is 34.1 Å². The average molecular weight is 260 g/mol. The molecule has 2 rings (SSSR count). The summed E-state index contributed by atoms with van der Waals surface area (Å²) < 4.78 is 5.44. The normalized spacial score (nSPS) is 11.2. The molecule has 1 N–H and O–H groups in total. The molecule has 1 aromatic heterocycles. The van der Waals surface area contributed by atoms with Crippen molar-refractivity contribution in [1.29, 1.82) is 0 Å². The number of aryl methyl sites for hydroxylation is 3. The lowest BCUT2D eigenvalue weighted by Crippen LogP contribution is -2.08. The lowest BCUT2D eigenvalue weighted by molar-refractivity contribution is 0.458. The van der Waals surface area contributed by atoms with Gasteiger partial charge in [-0.05, 0) is 50.3 Å². The van der Waals surface area contributed by atoms with Crippen molar-refractivity contribution in [3.05, 3.63) is 38.2 Å². The molecule has 1 aromatic carbocycles. The standard InChI is InChI=1S/C16H20O3/c1-6-11-10(5)13-8(3)9(4)16(18)19-15(13)12(7-2)14(11)17/h17H,6-7H2,1-5H3. The average Bonchev–Trinajstić information content (AvgIpc) is 2.37. The van der Waals surface area contributed by atoms with Crippen LogP contribution < -0.4 is 5.63 Å². The van der Waals surface area contributed by atoms with Gasteiger partial charge in [0, 0.05) is 16.5 Å². The summed E-state index contributed by atoms with van der Waals surface area (Å²) in [7, 11) is 0. The van der Waals surface area contributed by atoms with Crippen molar-refractivity contribution in [2.75, 3.05) is 0 Å². The lowest BCUT2D eigenvalue weighted by atomic mass is 9.92. The van der Waals surface area contributed by atoms with Gasteiger partial charge in [-0.1, -0.05) is 13.8 Å². The Labute approximate surface area is 112 Å². The van der Waals surface area contributed by atoms with Crippen LogP contribution >= 0.6 is 0 Å². The Morgan fingerprint density at radius 3 is 2.05 bits per heavy atom. The molecule has 0 unspecified atom stereocenters. The topological polar surface area (TPSA) is 50.4 Å². The molecule has 0 fully saturated rings. The molecule has 0 aliphatic heterocycles. The van der Waals surface area contributed by atoms with Crippen molar-refractivity contribution in [3.63, 3.8) is 0 Å². The van der Waals surface area contributed by atoms with Gasteiger partial charge in [0.05, 0.1) is 0 Å². The second-order valence-corrected chi connectivity index (χ2v) is 4.98. The first-order valence-electron chi connectivity index (χ1n) is 6.71. The molecule has 0 spiro atoms. The van der Waals surface area contributed by atoms with E-state index in [2.05, 4.69) is 0 Å². The number of hydrogen-bond acceptors (Lipinski definition) is 3. The van der Waals surface area contributed by atoms with Gasteiger partial charge in [0.1, 0.15) is 11.3 Å². The van der Waals surface area contributed by atoms with E-state index >= 15 is 0 Å². The zero-order chi connectivity index (χ0) is 14.3. The number of hydrogen-bond donors (Lipinski definition) is 1. The molecule has 0 bridgehead atoms. The maximum atomic E-state index is 11.9. The molecule has 0 saturated carbocycles. The van der Waals surface area contributed by atoms with Crippen LogP contribution in [0.25, 0.3) is 11.0 Å². The number of rotatable bonds is 2. The summed E-state index contributed by atoms with van der Waals surface area (Å²) in [4.78, 5) is 11.9. The zero-order valence-electron chi connectivity index (χ0n) is 12.2. The number of phenolic OH excluding ortho intramolecular Hbond substituents is 1. The third kappa shape index (κ3) is 1.84. The largest absolute Gasteiger partial charge is 0.507 e. The molecule has 0 saturated heterocycles. The summed E-state index contributed by atoms with van der Waals surface area (Å²) in [6.45, 7) is 9.68. The number of benzene rings is 1. The SMILES string of the molecule is CCc1c(O)c(CC)c2oc(=O)c(C)c(C)c2c1C. The second kappa shape index (κ2) is 4.72. The van der Waals surface area contributed by atoms with Crippen LogP contribution in [0.4, 0.5) is 0 Å². The summed E-state index contributed by atoms with van der Waals surface area (Å²) in [5, 5.41) is 11.3. The van der Waals surface area contributed by atoms with Crippen molar-refractivity contribution in [2.45, 2.75) is 47.5 Å². The highest BCUT2D eigenvalue weighted by molar-refractivity contribution is 5.90. The van der Waals surface area contributed by atoms with Gasteiger partial charge in [0.15, 0.2) is 0 Å². The molecule has 3 nitrogen and oxygen atoms in total. The van der Waals surface area contributed by atoms with Crippen LogP contribution in [0.1, 0.15) is 41.7 Å². The van der Waals surface area contributed by atoms with Gasteiger partial charge in [-0.15, -0.1) is 0 Å². The maximum Gasteiger partial charge on any atom is 0.339 e. The smallest absolute Gasteiger partial charge is 0.339 e. The molecule has 0 atom stereocenters. The Bertz CT molecular complexity index is 708. The maximum absolute atomic E-state index is 11.9. The molecule has 0 aliphatic rings. The van der Waals surface area contributed by atoms with Crippen molar-refractivity contribution in [3.8, 4) is 5.75 Å².